The standard InChI is InChI=1S/C24H25NO/c1-16(12-17-6-8-18(15-25)9-7-17)19-10-11-20-21(13-19)23(2,3)14-22(26)24(20,4)5/h6-13H,14H2,1-5H3/b16-12+. The Hall–Kier alpha value is -2.66. The number of allylic oxidation sites excluding steroid dienone is 1. The van der Waals surface area contributed by atoms with Crippen LogP contribution in [0.5, 0.6) is 0 Å². The number of ketones is 1. The van der Waals surface area contributed by atoms with E-state index in [1.165, 1.54) is 16.7 Å². The summed E-state index contributed by atoms with van der Waals surface area (Å²) in [6, 6.07) is 16.2. The number of rotatable bonds is 2. The Morgan fingerprint density at radius 1 is 1.04 bits per heavy atom. The highest BCUT2D eigenvalue weighted by Crippen LogP contribution is 2.44. The number of fused-ring (bicyclic) bond motifs is 1. The van der Waals surface area contributed by atoms with E-state index in [4.69, 9.17) is 5.26 Å². The minimum atomic E-state index is -0.422. The number of benzene rings is 2. The molecule has 132 valence electrons. The van der Waals surface area contributed by atoms with Crippen LogP contribution in [0.15, 0.2) is 42.5 Å². The first-order chi connectivity index (χ1) is 12.1. The van der Waals surface area contributed by atoms with E-state index in [0.29, 0.717) is 17.8 Å². The van der Waals surface area contributed by atoms with Gasteiger partial charge in [0.2, 0.25) is 0 Å². The molecule has 0 fully saturated rings. The van der Waals surface area contributed by atoms with E-state index in [0.717, 1.165) is 11.1 Å². The Kier molecular flexibility index (Phi) is 4.36. The number of Topliss-reactive ketones (excluding diaryl/α,β-unsaturated/α-hetero) is 1. The smallest absolute Gasteiger partial charge is 0.143 e. The second-order valence-corrected chi connectivity index (χ2v) is 8.43. The molecule has 2 heteroatoms. The molecular weight excluding hydrogens is 318 g/mol. The van der Waals surface area contributed by atoms with Crippen molar-refractivity contribution in [2.75, 3.05) is 0 Å². The lowest BCUT2D eigenvalue weighted by atomic mass is 9.62. The van der Waals surface area contributed by atoms with Gasteiger partial charge in [-0.3, -0.25) is 4.79 Å². The van der Waals surface area contributed by atoms with Crippen LogP contribution >= 0.6 is 0 Å². The minimum absolute atomic E-state index is 0.146. The first-order valence-corrected chi connectivity index (χ1v) is 9.02. The molecule has 0 saturated carbocycles. The molecule has 0 saturated heterocycles. The molecule has 1 aliphatic rings. The van der Waals surface area contributed by atoms with Crippen LogP contribution in [0.1, 0.15) is 68.9 Å². The van der Waals surface area contributed by atoms with Gasteiger partial charge in [-0.1, -0.05) is 50.3 Å². The normalized spacial score (nSPS) is 18.2. The van der Waals surface area contributed by atoms with Gasteiger partial charge in [-0.25, -0.2) is 0 Å². The van der Waals surface area contributed by atoms with Gasteiger partial charge in [0.05, 0.1) is 11.6 Å². The third-order valence-electron chi connectivity index (χ3n) is 5.60. The van der Waals surface area contributed by atoms with Crippen LogP contribution in [0.25, 0.3) is 11.6 Å². The molecule has 2 aromatic rings. The van der Waals surface area contributed by atoms with Crippen molar-refractivity contribution in [3.63, 3.8) is 0 Å². The molecule has 0 spiro atoms. The van der Waals surface area contributed by atoms with Crippen LogP contribution in [-0.4, -0.2) is 5.78 Å². The largest absolute Gasteiger partial charge is 0.299 e. The highest BCUT2D eigenvalue weighted by Gasteiger charge is 2.43. The fourth-order valence-electron chi connectivity index (χ4n) is 3.75. The second kappa shape index (κ2) is 6.25. The monoisotopic (exact) mass is 343 g/mol. The average molecular weight is 343 g/mol. The lowest BCUT2D eigenvalue weighted by molar-refractivity contribution is -0.125. The van der Waals surface area contributed by atoms with Crippen LogP contribution in [0.3, 0.4) is 0 Å². The minimum Gasteiger partial charge on any atom is -0.299 e. The lowest BCUT2D eigenvalue weighted by Crippen LogP contribution is -2.42. The zero-order valence-corrected chi connectivity index (χ0v) is 16.2. The Morgan fingerprint density at radius 3 is 2.31 bits per heavy atom. The van der Waals surface area contributed by atoms with E-state index in [1.54, 1.807) is 0 Å². The van der Waals surface area contributed by atoms with Gasteiger partial charge < -0.3 is 0 Å². The summed E-state index contributed by atoms with van der Waals surface area (Å²) in [6.07, 6.45) is 2.71. The maximum atomic E-state index is 12.6. The number of carbonyl (C=O) groups excluding carboxylic acids is 1. The SMILES string of the molecule is C/C(=C\c1ccc(C#N)cc1)c1ccc2c(c1)C(C)(C)CC(=O)C2(C)C. The third-order valence-corrected chi connectivity index (χ3v) is 5.60. The van der Waals surface area contributed by atoms with Gasteiger partial charge in [0, 0.05) is 11.8 Å². The fraction of sp³-hybridized carbons (Fsp3) is 0.333. The lowest BCUT2D eigenvalue weighted by Gasteiger charge is -2.40. The van der Waals surface area contributed by atoms with E-state index in [-0.39, 0.29) is 5.41 Å². The summed E-state index contributed by atoms with van der Waals surface area (Å²) in [5.41, 5.74) is 5.94. The van der Waals surface area contributed by atoms with Crippen LogP contribution in [0.2, 0.25) is 0 Å². The van der Waals surface area contributed by atoms with Crippen molar-refractivity contribution in [1.29, 1.82) is 5.26 Å². The van der Waals surface area contributed by atoms with Crippen LogP contribution in [0, 0.1) is 11.3 Å². The van der Waals surface area contributed by atoms with Crippen molar-refractivity contribution in [1.82, 2.24) is 0 Å². The quantitative estimate of drug-likeness (QED) is 0.661. The van der Waals surface area contributed by atoms with Gasteiger partial charge in [-0.15, -0.1) is 0 Å². The van der Waals surface area contributed by atoms with E-state index in [2.05, 4.69) is 51.1 Å². The summed E-state index contributed by atoms with van der Waals surface area (Å²) in [6.45, 7) is 10.5. The van der Waals surface area contributed by atoms with Gasteiger partial charge in [0.15, 0.2) is 0 Å². The molecule has 2 aromatic carbocycles. The van der Waals surface area contributed by atoms with Gasteiger partial charge in [-0.2, -0.15) is 5.26 Å². The van der Waals surface area contributed by atoms with E-state index in [9.17, 15) is 4.79 Å². The Morgan fingerprint density at radius 2 is 1.69 bits per heavy atom. The molecule has 26 heavy (non-hydrogen) atoms. The molecule has 0 amide bonds. The van der Waals surface area contributed by atoms with Crippen LogP contribution in [-0.2, 0) is 15.6 Å². The van der Waals surface area contributed by atoms with Crippen molar-refractivity contribution in [2.45, 2.75) is 51.9 Å². The molecule has 0 unspecified atom stereocenters. The fourth-order valence-corrected chi connectivity index (χ4v) is 3.75. The van der Waals surface area contributed by atoms with Gasteiger partial charge in [0.1, 0.15) is 5.78 Å². The summed E-state index contributed by atoms with van der Waals surface area (Å²) in [5, 5.41) is 8.92. The highest BCUT2D eigenvalue weighted by molar-refractivity contribution is 5.93. The number of carbonyl (C=O) groups is 1. The molecule has 0 aliphatic heterocycles. The molecule has 3 rings (SSSR count). The van der Waals surface area contributed by atoms with E-state index < -0.39 is 5.41 Å². The molecule has 0 bridgehead atoms. The summed E-state index contributed by atoms with van der Waals surface area (Å²) < 4.78 is 0. The number of nitrogens with zero attached hydrogens (tertiary/aromatic N) is 1. The number of nitriles is 1. The molecule has 0 heterocycles. The number of hydrogen-bond donors (Lipinski definition) is 0. The van der Waals surface area contributed by atoms with Crippen LogP contribution in [0.4, 0.5) is 0 Å². The molecule has 2 nitrogen and oxygen atoms in total. The van der Waals surface area contributed by atoms with Crippen molar-refractivity contribution < 1.29 is 4.79 Å². The molecule has 0 aromatic heterocycles. The Labute approximate surface area is 156 Å². The third kappa shape index (κ3) is 3.10. The zero-order chi connectivity index (χ0) is 19.1. The van der Waals surface area contributed by atoms with Crippen molar-refractivity contribution in [2.24, 2.45) is 0 Å². The van der Waals surface area contributed by atoms with Gasteiger partial charge in [0.25, 0.3) is 0 Å². The van der Waals surface area contributed by atoms with E-state index >= 15 is 0 Å². The number of hydrogen-bond acceptors (Lipinski definition) is 2. The van der Waals surface area contributed by atoms with Crippen LogP contribution < -0.4 is 0 Å². The first kappa shape index (κ1) is 18.1. The maximum Gasteiger partial charge on any atom is 0.143 e. The highest BCUT2D eigenvalue weighted by atomic mass is 16.1. The van der Waals surface area contributed by atoms with E-state index in [1.807, 2.05) is 38.1 Å². The maximum absolute atomic E-state index is 12.6. The van der Waals surface area contributed by atoms with Crippen molar-refractivity contribution in [3.05, 3.63) is 70.3 Å². The predicted octanol–water partition coefficient (Wildman–Crippen LogP) is 5.65. The summed E-state index contributed by atoms with van der Waals surface area (Å²) in [4.78, 5) is 12.6. The molecule has 0 atom stereocenters. The summed E-state index contributed by atoms with van der Waals surface area (Å²) in [7, 11) is 0. The van der Waals surface area contributed by atoms with Gasteiger partial charge >= 0.3 is 0 Å². The average Bonchev–Trinajstić information content (AvgIpc) is 2.60. The molecular formula is C24H25NO. The summed E-state index contributed by atoms with van der Waals surface area (Å²) in [5.74, 6) is 0.313. The molecule has 0 N–H and O–H groups in total. The Bertz CT molecular complexity index is 937. The second-order valence-electron chi connectivity index (χ2n) is 8.43. The first-order valence-electron chi connectivity index (χ1n) is 9.02. The topological polar surface area (TPSA) is 40.9 Å². The molecule has 1 aliphatic carbocycles. The predicted molar refractivity (Wildman–Crippen MR) is 107 cm³/mol. The summed E-state index contributed by atoms with van der Waals surface area (Å²) >= 11 is 0. The van der Waals surface area contributed by atoms with Crippen molar-refractivity contribution >= 4 is 17.4 Å². The van der Waals surface area contributed by atoms with Crippen molar-refractivity contribution in [3.8, 4) is 6.07 Å². The molecule has 0 radical (unpaired) electrons. The Balaban J connectivity index is 2.04. The van der Waals surface area contributed by atoms with Gasteiger partial charge in [-0.05, 0) is 66.1 Å². The zero-order valence-electron chi connectivity index (χ0n) is 16.2.